The van der Waals surface area contributed by atoms with Gasteiger partial charge in [-0.1, -0.05) is 17.3 Å². The van der Waals surface area contributed by atoms with Crippen molar-refractivity contribution < 1.29 is 13.8 Å². The van der Waals surface area contributed by atoms with E-state index in [1.54, 1.807) is 11.2 Å². The van der Waals surface area contributed by atoms with E-state index in [4.69, 9.17) is 13.9 Å². The number of thiazole rings is 1. The van der Waals surface area contributed by atoms with E-state index in [0.29, 0.717) is 11.7 Å². The molecule has 5 nitrogen and oxygen atoms in total. The maximum Gasteiger partial charge on any atom is 0.202 e. The molecule has 132 valence electrons. The number of nitrogens with zero attached hydrogens (tertiary/aromatic N) is 2. The number of hydrogen-bond donors (Lipinski definition) is 1. The second-order valence-electron chi connectivity index (χ2n) is 6.88. The van der Waals surface area contributed by atoms with E-state index < -0.39 is 0 Å². The molecule has 0 atom stereocenters. The third kappa shape index (κ3) is 3.06. The second-order valence-corrected chi connectivity index (χ2v) is 7.94. The molecule has 3 aromatic heterocycles. The zero-order chi connectivity index (χ0) is 17.3. The maximum absolute atomic E-state index is 5.41. The summed E-state index contributed by atoms with van der Waals surface area (Å²) in [5.74, 6) is 2.02. The van der Waals surface area contributed by atoms with Crippen LogP contribution in [0.25, 0.3) is 21.7 Å². The average molecular weight is 366 g/mol. The first-order chi connectivity index (χ1) is 12.8. The Hall–Kier alpha value is -2.44. The lowest BCUT2D eigenvalue weighted by Crippen LogP contribution is -3.11. The highest BCUT2D eigenvalue weighted by molar-refractivity contribution is 7.18. The highest BCUT2D eigenvalue weighted by atomic mass is 32.1. The SMILES string of the molecule is c1coc(-c2cc(C[NH+]3CCC(c4nc5ccccc5s4)CC3)no2)c1. The first-order valence-corrected chi connectivity index (χ1v) is 9.85. The Morgan fingerprint density at radius 2 is 1.96 bits per heavy atom. The topological polar surface area (TPSA) is 56.5 Å². The first-order valence-electron chi connectivity index (χ1n) is 9.04. The number of benzene rings is 1. The second kappa shape index (κ2) is 6.70. The van der Waals surface area contributed by atoms with Crippen LogP contribution < -0.4 is 4.90 Å². The average Bonchev–Trinajstić information content (AvgIpc) is 3.42. The summed E-state index contributed by atoms with van der Waals surface area (Å²) < 4.78 is 12.1. The zero-order valence-electron chi connectivity index (χ0n) is 14.4. The summed E-state index contributed by atoms with van der Waals surface area (Å²) >= 11 is 1.85. The van der Waals surface area contributed by atoms with Crippen LogP contribution in [0.15, 0.2) is 57.7 Å². The normalized spacial score (nSPS) is 20.6. The standard InChI is InChI=1S/C20H19N3O2S/c1-2-6-19-16(4-1)21-20(26-19)14-7-9-23(10-8-14)13-15-12-18(25-22-15)17-5-3-11-24-17/h1-6,11-12,14H,7-10,13H2/p+1. The van der Waals surface area contributed by atoms with Gasteiger partial charge >= 0.3 is 0 Å². The van der Waals surface area contributed by atoms with Gasteiger partial charge in [0.25, 0.3) is 0 Å². The van der Waals surface area contributed by atoms with E-state index in [1.807, 2.05) is 29.5 Å². The van der Waals surface area contributed by atoms with Crippen molar-refractivity contribution in [3.05, 3.63) is 59.4 Å². The molecule has 0 bridgehead atoms. The predicted molar refractivity (Wildman–Crippen MR) is 100 cm³/mol. The zero-order valence-corrected chi connectivity index (χ0v) is 15.2. The van der Waals surface area contributed by atoms with Gasteiger partial charge in [0.1, 0.15) is 12.2 Å². The van der Waals surface area contributed by atoms with Crippen LogP contribution in [0.5, 0.6) is 0 Å². The Bertz CT molecular complexity index is 964. The summed E-state index contributed by atoms with van der Waals surface area (Å²) in [7, 11) is 0. The van der Waals surface area contributed by atoms with E-state index in [2.05, 4.69) is 29.4 Å². The smallest absolute Gasteiger partial charge is 0.202 e. The molecule has 6 heteroatoms. The van der Waals surface area contributed by atoms with Crippen LogP contribution in [0.2, 0.25) is 0 Å². The molecule has 4 heterocycles. The van der Waals surface area contributed by atoms with Crippen molar-refractivity contribution >= 4 is 21.6 Å². The van der Waals surface area contributed by atoms with Crippen molar-refractivity contribution in [3.63, 3.8) is 0 Å². The Kier molecular flexibility index (Phi) is 4.07. The van der Waals surface area contributed by atoms with E-state index in [-0.39, 0.29) is 0 Å². The van der Waals surface area contributed by atoms with E-state index in [9.17, 15) is 0 Å². The number of para-hydroxylation sites is 1. The number of piperidine rings is 1. The van der Waals surface area contributed by atoms with Gasteiger partial charge in [-0.2, -0.15) is 0 Å². The molecule has 5 rings (SSSR count). The Morgan fingerprint density at radius 3 is 2.77 bits per heavy atom. The van der Waals surface area contributed by atoms with Crippen molar-refractivity contribution in [3.8, 4) is 11.5 Å². The van der Waals surface area contributed by atoms with Gasteiger partial charge in [0, 0.05) is 24.8 Å². The van der Waals surface area contributed by atoms with Crippen LogP contribution in [0, 0.1) is 0 Å². The van der Waals surface area contributed by atoms with Gasteiger partial charge in [0.05, 0.1) is 34.6 Å². The lowest BCUT2D eigenvalue weighted by atomic mass is 9.97. The van der Waals surface area contributed by atoms with Gasteiger partial charge in [-0.15, -0.1) is 11.3 Å². The van der Waals surface area contributed by atoms with Gasteiger partial charge in [-0.25, -0.2) is 4.98 Å². The highest BCUT2D eigenvalue weighted by Crippen LogP contribution is 2.31. The van der Waals surface area contributed by atoms with E-state index >= 15 is 0 Å². The molecule has 0 amide bonds. The number of rotatable bonds is 4. The molecular weight excluding hydrogens is 346 g/mol. The number of fused-ring (bicyclic) bond motifs is 1. The number of aromatic nitrogens is 2. The fourth-order valence-corrected chi connectivity index (χ4v) is 4.84. The minimum absolute atomic E-state index is 0.590. The Labute approximate surface area is 155 Å². The van der Waals surface area contributed by atoms with Crippen LogP contribution in [-0.2, 0) is 6.54 Å². The Morgan fingerprint density at radius 1 is 1.08 bits per heavy atom. The van der Waals surface area contributed by atoms with Crippen molar-refractivity contribution in [1.29, 1.82) is 0 Å². The van der Waals surface area contributed by atoms with Gasteiger partial charge in [0.15, 0.2) is 5.76 Å². The monoisotopic (exact) mass is 366 g/mol. The van der Waals surface area contributed by atoms with Gasteiger partial charge < -0.3 is 13.8 Å². The number of furan rings is 1. The molecule has 1 N–H and O–H groups in total. The summed E-state index contributed by atoms with van der Waals surface area (Å²) in [6, 6.07) is 14.2. The third-order valence-electron chi connectivity index (χ3n) is 5.11. The van der Waals surface area contributed by atoms with Crippen LogP contribution >= 0.6 is 11.3 Å². The molecule has 0 aliphatic carbocycles. The number of quaternary nitrogens is 1. The van der Waals surface area contributed by atoms with Crippen molar-refractivity contribution in [2.45, 2.75) is 25.3 Å². The molecule has 0 radical (unpaired) electrons. The summed E-state index contributed by atoms with van der Waals surface area (Å²) in [6.45, 7) is 3.18. The van der Waals surface area contributed by atoms with Crippen LogP contribution in [-0.4, -0.2) is 23.2 Å². The predicted octanol–water partition coefficient (Wildman–Crippen LogP) is 3.51. The quantitative estimate of drug-likeness (QED) is 0.601. The molecule has 1 saturated heterocycles. The largest absolute Gasteiger partial charge is 0.461 e. The molecule has 1 aliphatic rings. The summed E-state index contributed by atoms with van der Waals surface area (Å²) in [5, 5.41) is 5.50. The van der Waals surface area contributed by atoms with Gasteiger partial charge in [-0.3, -0.25) is 0 Å². The summed E-state index contributed by atoms with van der Waals surface area (Å²) in [5.41, 5.74) is 2.13. The van der Waals surface area contributed by atoms with Crippen molar-refractivity contribution in [2.24, 2.45) is 0 Å². The minimum Gasteiger partial charge on any atom is -0.461 e. The molecule has 1 fully saturated rings. The summed E-state index contributed by atoms with van der Waals surface area (Å²) in [6.07, 6.45) is 4.01. The molecule has 4 aromatic rings. The molecule has 26 heavy (non-hydrogen) atoms. The Balaban J connectivity index is 1.22. The molecule has 0 unspecified atom stereocenters. The first kappa shape index (κ1) is 15.8. The van der Waals surface area contributed by atoms with Crippen molar-refractivity contribution in [1.82, 2.24) is 10.1 Å². The van der Waals surface area contributed by atoms with E-state index in [1.165, 1.54) is 22.5 Å². The highest BCUT2D eigenvalue weighted by Gasteiger charge is 2.26. The number of nitrogens with one attached hydrogen (secondary N) is 1. The minimum atomic E-state index is 0.590. The van der Waals surface area contributed by atoms with Gasteiger partial charge in [0.2, 0.25) is 5.76 Å². The molecule has 0 saturated carbocycles. The van der Waals surface area contributed by atoms with Crippen LogP contribution in [0.1, 0.15) is 29.5 Å². The maximum atomic E-state index is 5.41. The lowest BCUT2D eigenvalue weighted by molar-refractivity contribution is -0.919. The van der Waals surface area contributed by atoms with Crippen molar-refractivity contribution in [2.75, 3.05) is 13.1 Å². The fourth-order valence-electron chi connectivity index (χ4n) is 3.70. The lowest BCUT2D eigenvalue weighted by Gasteiger charge is -2.27. The molecule has 0 spiro atoms. The number of hydrogen-bond acceptors (Lipinski definition) is 5. The van der Waals surface area contributed by atoms with Crippen LogP contribution in [0.3, 0.4) is 0 Å². The van der Waals surface area contributed by atoms with Gasteiger partial charge in [-0.05, 0) is 24.3 Å². The molecular formula is C20H20N3O2S+. The molecule has 1 aromatic carbocycles. The van der Waals surface area contributed by atoms with Crippen LogP contribution in [0.4, 0.5) is 0 Å². The third-order valence-corrected chi connectivity index (χ3v) is 6.31. The number of likely N-dealkylation sites (tertiary alicyclic amines) is 1. The summed E-state index contributed by atoms with van der Waals surface area (Å²) in [4.78, 5) is 6.41. The fraction of sp³-hybridized carbons (Fsp3) is 0.300. The molecule has 1 aliphatic heterocycles. The van der Waals surface area contributed by atoms with E-state index in [0.717, 1.165) is 36.6 Å².